The summed E-state index contributed by atoms with van der Waals surface area (Å²) in [4.78, 5) is 2.47. The Kier molecular flexibility index (Phi) is 4.60. The second-order valence-corrected chi connectivity index (χ2v) is 6.46. The number of nitrogens with zero attached hydrogens (tertiary/aromatic N) is 1. The largest absolute Gasteiger partial charge is 0.394 e. The first-order valence-corrected chi connectivity index (χ1v) is 8.20. The van der Waals surface area contributed by atoms with Crippen LogP contribution in [0.1, 0.15) is 42.5 Å². The molecule has 1 N–H and O–H groups in total. The summed E-state index contributed by atoms with van der Waals surface area (Å²) in [6.07, 6.45) is 1.05. The van der Waals surface area contributed by atoms with Crippen molar-refractivity contribution in [1.29, 1.82) is 0 Å². The number of aliphatic hydroxyl groups is 1. The van der Waals surface area contributed by atoms with Gasteiger partial charge >= 0.3 is 0 Å². The Hall–Kier alpha value is -1.64. The Morgan fingerprint density at radius 3 is 2.45 bits per heavy atom. The third kappa shape index (κ3) is 2.94. The van der Waals surface area contributed by atoms with Gasteiger partial charge in [0.2, 0.25) is 0 Å². The standard InChI is InChI=1S/C20H25NO/c1-15-13-21(20(14-22)17-8-4-3-5-9-17)16(2)12-18-10-6-7-11-19(15)18/h3-11,15-16,20,22H,12-14H2,1-2H3/t15-,16+,20+/m1/s1. The molecule has 22 heavy (non-hydrogen) atoms. The summed E-state index contributed by atoms with van der Waals surface area (Å²) in [5, 5.41) is 10.0. The topological polar surface area (TPSA) is 23.5 Å². The van der Waals surface area contributed by atoms with Crippen LogP contribution < -0.4 is 0 Å². The Balaban J connectivity index is 1.92. The predicted molar refractivity (Wildman–Crippen MR) is 91.0 cm³/mol. The maximum absolute atomic E-state index is 10.0. The van der Waals surface area contributed by atoms with Crippen LogP contribution in [0.2, 0.25) is 0 Å². The second-order valence-electron chi connectivity index (χ2n) is 6.46. The number of hydrogen-bond acceptors (Lipinski definition) is 2. The first kappa shape index (κ1) is 15.3. The van der Waals surface area contributed by atoms with Gasteiger partial charge in [-0.15, -0.1) is 0 Å². The summed E-state index contributed by atoms with van der Waals surface area (Å²) in [6, 6.07) is 19.7. The van der Waals surface area contributed by atoms with E-state index in [2.05, 4.69) is 67.3 Å². The monoisotopic (exact) mass is 295 g/mol. The molecule has 0 fully saturated rings. The van der Waals surface area contributed by atoms with E-state index in [4.69, 9.17) is 0 Å². The van der Waals surface area contributed by atoms with Gasteiger partial charge in [0.25, 0.3) is 0 Å². The molecule has 3 rings (SSSR count). The van der Waals surface area contributed by atoms with E-state index in [9.17, 15) is 5.11 Å². The average molecular weight is 295 g/mol. The zero-order valence-corrected chi connectivity index (χ0v) is 13.4. The zero-order chi connectivity index (χ0) is 15.5. The molecule has 1 aliphatic heterocycles. The second kappa shape index (κ2) is 6.64. The van der Waals surface area contributed by atoms with Gasteiger partial charge in [-0.25, -0.2) is 0 Å². The van der Waals surface area contributed by atoms with Crippen molar-refractivity contribution in [2.24, 2.45) is 0 Å². The number of fused-ring (bicyclic) bond motifs is 1. The van der Waals surface area contributed by atoms with Gasteiger partial charge in [-0.3, -0.25) is 4.90 Å². The summed E-state index contributed by atoms with van der Waals surface area (Å²) >= 11 is 0. The van der Waals surface area contributed by atoms with E-state index in [0.29, 0.717) is 12.0 Å². The van der Waals surface area contributed by atoms with Crippen LogP contribution >= 0.6 is 0 Å². The van der Waals surface area contributed by atoms with Crippen molar-refractivity contribution in [3.05, 3.63) is 71.3 Å². The molecular formula is C20H25NO. The van der Waals surface area contributed by atoms with Crippen molar-refractivity contribution in [3.63, 3.8) is 0 Å². The predicted octanol–water partition coefficient (Wildman–Crippen LogP) is 3.77. The molecule has 2 heteroatoms. The van der Waals surface area contributed by atoms with Crippen molar-refractivity contribution in [2.45, 2.75) is 38.3 Å². The van der Waals surface area contributed by atoms with Gasteiger partial charge in [0, 0.05) is 12.6 Å². The van der Waals surface area contributed by atoms with Gasteiger partial charge in [0.15, 0.2) is 0 Å². The van der Waals surface area contributed by atoms with Crippen molar-refractivity contribution >= 4 is 0 Å². The van der Waals surface area contributed by atoms with Gasteiger partial charge in [0.1, 0.15) is 0 Å². The van der Waals surface area contributed by atoms with Gasteiger partial charge in [-0.2, -0.15) is 0 Å². The number of hydrogen-bond donors (Lipinski definition) is 1. The highest BCUT2D eigenvalue weighted by Gasteiger charge is 2.30. The van der Waals surface area contributed by atoms with E-state index >= 15 is 0 Å². The molecular weight excluding hydrogens is 270 g/mol. The lowest BCUT2D eigenvalue weighted by atomic mass is 9.95. The Labute approximate surface area is 133 Å². The number of aliphatic hydroxyl groups excluding tert-OH is 1. The van der Waals surface area contributed by atoms with E-state index in [1.165, 1.54) is 16.7 Å². The highest BCUT2D eigenvalue weighted by Crippen LogP contribution is 2.32. The van der Waals surface area contributed by atoms with Gasteiger partial charge in [-0.05, 0) is 36.0 Å². The molecule has 2 aromatic rings. The molecule has 0 aliphatic carbocycles. The highest BCUT2D eigenvalue weighted by molar-refractivity contribution is 5.33. The molecule has 2 aromatic carbocycles. The lowest BCUT2D eigenvalue weighted by Crippen LogP contribution is -2.40. The smallest absolute Gasteiger partial charge is 0.0628 e. The van der Waals surface area contributed by atoms with Crippen LogP contribution in [0.3, 0.4) is 0 Å². The van der Waals surface area contributed by atoms with E-state index in [1.807, 2.05) is 6.07 Å². The summed E-state index contributed by atoms with van der Waals surface area (Å²) < 4.78 is 0. The first-order chi connectivity index (χ1) is 10.7. The minimum Gasteiger partial charge on any atom is -0.394 e. The molecule has 0 amide bonds. The fraction of sp³-hybridized carbons (Fsp3) is 0.400. The van der Waals surface area contributed by atoms with Crippen LogP contribution in [0.25, 0.3) is 0 Å². The fourth-order valence-corrected chi connectivity index (χ4v) is 3.74. The maximum Gasteiger partial charge on any atom is 0.0628 e. The van der Waals surface area contributed by atoms with Crippen molar-refractivity contribution < 1.29 is 5.11 Å². The minimum absolute atomic E-state index is 0.0768. The van der Waals surface area contributed by atoms with E-state index in [1.54, 1.807) is 0 Å². The molecule has 1 heterocycles. The van der Waals surface area contributed by atoms with Crippen LogP contribution in [-0.2, 0) is 6.42 Å². The summed E-state index contributed by atoms with van der Waals surface area (Å²) in [5.74, 6) is 0.485. The average Bonchev–Trinajstić information content (AvgIpc) is 2.67. The Bertz CT molecular complexity index is 610. The summed E-state index contributed by atoms with van der Waals surface area (Å²) in [5.41, 5.74) is 4.12. The van der Waals surface area contributed by atoms with Gasteiger partial charge in [0.05, 0.1) is 12.6 Å². The highest BCUT2D eigenvalue weighted by atomic mass is 16.3. The van der Waals surface area contributed by atoms with Crippen LogP contribution in [0, 0.1) is 0 Å². The third-order valence-electron chi connectivity index (χ3n) is 4.91. The van der Waals surface area contributed by atoms with Crippen LogP contribution in [0.5, 0.6) is 0 Å². The van der Waals surface area contributed by atoms with Crippen LogP contribution in [0.15, 0.2) is 54.6 Å². The van der Waals surface area contributed by atoms with Crippen molar-refractivity contribution in [1.82, 2.24) is 4.90 Å². The quantitative estimate of drug-likeness (QED) is 0.931. The molecule has 1 aliphatic rings. The van der Waals surface area contributed by atoms with Crippen LogP contribution in [0.4, 0.5) is 0 Å². The van der Waals surface area contributed by atoms with E-state index < -0.39 is 0 Å². The minimum atomic E-state index is 0.0768. The first-order valence-electron chi connectivity index (χ1n) is 8.20. The summed E-state index contributed by atoms with van der Waals surface area (Å²) in [7, 11) is 0. The van der Waals surface area contributed by atoms with Crippen LogP contribution in [-0.4, -0.2) is 29.2 Å². The van der Waals surface area contributed by atoms with Crippen molar-refractivity contribution in [2.75, 3.05) is 13.2 Å². The maximum atomic E-state index is 10.0. The summed E-state index contributed by atoms with van der Waals surface area (Å²) in [6.45, 7) is 5.72. The van der Waals surface area contributed by atoms with E-state index in [-0.39, 0.29) is 12.6 Å². The Morgan fingerprint density at radius 1 is 1.05 bits per heavy atom. The molecule has 0 unspecified atom stereocenters. The molecule has 0 spiro atoms. The van der Waals surface area contributed by atoms with E-state index in [0.717, 1.165) is 13.0 Å². The van der Waals surface area contributed by atoms with Gasteiger partial charge in [-0.1, -0.05) is 61.5 Å². The molecule has 3 atom stereocenters. The Morgan fingerprint density at radius 2 is 1.73 bits per heavy atom. The lowest BCUT2D eigenvalue weighted by molar-refractivity contribution is 0.0872. The molecule has 2 nitrogen and oxygen atoms in total. The van der Waals surface area contributed by atoms with Crippen molar-refractivity contribution in [3.8, 4) is 0 Å². The molecule has 0 saturated carbocycles. The zero-order valence-electron chi connectivity index (χ0n) is 13.4. The molecule has 0 radical (unpaired) electrons. The fourth-order valence-electron chi connectivity index (χ4n) is 3.74. The number of benzene rings is 2. The third-order valence-corrected chi connectivity index (χ3v) is 4.91. The SMILES string of the molecule is C[C@@H]1CN([C@@H](CO)c2ccccc2)[C@@H](C)Cc2ccccc21. The number of rotatable bonds is 3. The molecule has 0 bridgehead atoms. The molecule has 116 valence electrons. The lowest BCUT2D eigenvalue weighted by Gasteiger charge is -2.35. The van der Waals surface area contributed by atoms with Gasteiger partial charge < -0.3 is 5.11 Å². The molecule has 0 aromatic heterocycles. The normalized spacial score (nSPS) is 23.6. The molecule has 0 saturated heterocycles.